The van der Waals surface area contributed by atoms with Crippen molar-refractivity contribution >= 4 is 0 Å². The Bertz CT molecular complexity index is 329. The average molecular weight is 227 g/mol. The summed E-state index contributed by atoms with van der Waals surface area (Å²) in [6, 6.07) is 2.85. The van der Waals surface area contributed by atoms with Crippen LogP contribution in [-0.4, -0.2) is 37.5 Å². The number of hydrogen-bond donors (Lipinski definition) is 0. The lowest BCUT2D eigenvalue weighted by molar-refractivity contribution is -0.0937. The molecule has 4 nitrogen and oxygen atoms in total. The first-order valence-electron chi connectivity index (χ1n) is 5.29. The SMILES string of the molecule is Fc1cccnc1OCC[C@H]1COCCO1. The van der Waals surface area contributed by atoms with Crippen molar-refractivity contribution in [2.24, 2.45) is 0 Å². The lowest BCUT2D eigenvalue weighted by Crippen LogP contribution is -2.30. The van der Waals surface area contributed by atoms with Crippen molar-refractivity contribution in [3.8, 4) is 5.88 Å². The molecule has 0 unspecified atom stereocenters. The second kappa shape index (κ2) is 5.77. The molecule has 0 bridgehead atoms. The number of hydrogen-bond acceptors (Lipinski definition) is 4. The molecule has 0 aliphatic carbocycles. The molecule has 1 aromatic rings. The van der Waals surface area contributed by atoms with Gasteiger partial charge in [0.05, 0.1) is 32.5 Å². The van der Waals surface area contributed by atoms with Gasteiger partial charge in [-0.2, -0.15) is 0 Å². The van der Waals surface area contributed by atoms with E-state index in [9.17, 15) is 4.39 Å². The van der Waals surface area contributed by atoms with Gasteiger partial charge in [-0.15, -0.1) is 0 Å². The van der Waals surface area contributed by atoms with Crippen molar-refractivity contribution in [2.45, 2.75) is 12.5 Å². The standard InChI is InChI=1S/C11H14FNO3/c12-10-2-1-4-13-11(10)16-5-3-9-8-14-6-7-15-9/h1-2,4,9H,3,5-8H2/t9-/m0/s1. The quantitative estimate of drug-likeness (QED) is 0.779. The molecular weight excluding hydrogens is 213 g/mol. The number of aromatic nitrogens is 1. The van der Waals surface area contributed by atoms with Crippen LogP contribution >= 0.6 is 0 Å². The molecule has 88 valence electrons. The molecule has 0 radical (unpaired) electrons. The summed E-state index contributed by atoms with van der Waals surface area (Å²) in [5.74, 6) is -0.400. The highest BCUT2D eigenvalue weighted by Gasteiger charge is 2.14. The van der Waals surface area contributed by atoms with Crippen LogP contribution in [-0.2, 0) is 9.47 Å². The van der Waals surface area contributed by atoms with Gasteiger partial charge < -0.3 is 14.2 Å². The average Bonchev–Trinajstić information content (AvgIpc) is 2.33. The second-order valence-electron chi connectivity index (χ2n) is 3.50. The van der Waals surface area contributed by atoms with E-state index in [0.29, 0.717) is 32.8 Å². The third-order valence-electron chi connectivity index (χ3n) is 2.29. The van der Waals surface area contributed by atoms with Crippen LogP contribution in [0.25, 0.3) is 0 Å². The molecule has 1 aliphatic heterocycles. The van der Waals surface area contributed by atoms with E-state index in [4.69, 9.17) is 14.2 Å². The van der Waals surface area contributed by atoms with E-state index in [2.05, 4.69) is 4.98 Å². The van der Waals surface area contributed by atoms with E-state index in [1.165, 1.54) is 18.3 Å². The van der Waals surface area contributed by atoms with E-state index in [1.807, 2.05) is 0 Å². The van der Waals surface area contributed by atoms with Gasteiger partial charge in [0.1, 0.15) is 0 Å². The van der Waals surface area contributed by atoms with Gasteiger partial charge in [-0.25, -0.2) is 9.37 Å². The summed E-state index contributed by atoms with van der Waals surface area (Å²) in [4.78, 5) is 3.79. The molecule has 0 amide bonds. The largest absolute Gasteiger partial charge is 0.475 e. The summed E-state index contributed by atoms with van der Waals surface area (Å²) in [5, 5.41) is 0. The van der Waals surface area contributed by atoms with Gasteiger partial charge in [-0.1, -0.05) is 0 Å². The van der Waals surface area contributed by atoms with E-state index in [-0.39, 0.29) is 12.0 Å². The lowest BCUT2D eigenvalue weighted by Gasteiger charge is -2.22. The Labute approximate surface area is 93.3 Å². The summed E-state index contributed by atoms with van der Waals surface area (Å²) in [7, 11) is 0. The molecule has 2 heterocycles. The molecule has 1 saturated heterocycles. The van der Waals surface area contributed by atoms with Gasteiger partial charge in [-0.3, -0.25) is 0 Å². The summed E-state index contributed by atoms with van der Waals surface area (Å²) >= 11 is 0. The zero-order chi connectivity index (χ0) is 11.2. The molecule has 1 atom stereocenters. The predicted molar refractivity (Wildman–Crippen MR) is 54.9 cm³/mol. The van der Waals surface area contributed by atoms with Gasteiger partial charge in [0, 0.05) is 12.6 Å². The number of nitrogens with zero attached hydrogens (tertiary/aromatic N) is 1. The van der Waals surface area contributed by atoms with Crippen molar-refractivity contribution in [1.29, 1.82) is 0 Å². The van der Waals surface area contributed by atoms with Crippen LogP contribution in [0.1, 0.15) is 6.42 Å². The summed E-state index contributed by atoms with van der Waals surface area (Å²) in [5.41, 5.74) is 0. The fraction of sp³-hybridized carbons (Fsp3) is 0.545. The maximum atomic E-state index is 13.1. The maximum absolute atomic E-state index is 13.1. The van der Waals surface area contributed by atoms with Gasteiger partial charge in [-0.05, 0) is 12.1 Å². The summed E-state index contributed by atoms with van der Waals surface area (Å²) in [6.45, 7) is 2.21. The third-order valence-corrected chi connectivity index (χ3v) is 2.29. The first-order chi connectivity index (χ1) is 7.86. The van der Waals surface area contributed by atoms with Crippen LogP contribution in [0.5, 0.6) is 5.88 Å². The van der Waals surface area contributed by atoms with Crippen LogP contribution in [0.4, 0.5) is 4.39 Å². The monoisotopic (exact) mass is 227 g/mol. The third kappa shape index (κ3) is 3.15. The highest BCUT2D eigenvalue weighted by molar-refractivity contribution is 5.12. The topological polar surface area (TPSA) is 40.6 Å². The smallest absolute Gasteiger partial charge is 0.250 e. The molecule has 16 heavy (non-hydrogen) atoms. The summed E-state index contributed by atoms with van der Waals surface area (Å²) in [6.07, 6.45) is 2.22. The first-order valence-corrected chi connectivity index (χ1v) is 5.29. The number of pyridine rings is 1. The normalized spacial score (nSPS) is 20.7. The number of ether oxygens (including phenoxy) is 3. The highest BCUT2D eigenvalue weighted by atomic mass is 19.1. The molecule has 0 saturated carbocycles. The zero-order valence-corrected chi connectivity index (χ0v) is 8.89. The van der Waals surface area contributed by atoms with Gasteiger partial charge >= 0.3 is 0 Å². The first kappa shape index (κ1) is 11.3. The van der Waals surface area contributed by atoms with Gasteiger partial charge in [0.25, 0.3) is 0 Å². The Balaban J connectivity index is 1.73. The molecular formula is C11H14FNO3. The van der Waals surface area contributed by atoms with Crippen molar-refractivity contribution < 1.29 is 18.6 Å². The number of halogens is 1. The fourth-order valence-electron chi connectivity index (χ4n) is 1.47. The van der Waals surface area contributed by atoms with Crippen molar-refractivity contribution in [3.05, 3.63) is 24.1 Å². The van der Waals surface area contributed by atoms with Crippen molar-refractivity contribution in [1.82, 2.24) is 4.98 Å². The molecule has 1 aliphatic rings. The minimum Gasteiger partial charge on any atom is -0.475 e. The Morgan fingerprint density at radius 2 is 2.44 bits per heavy atom. The van der Waals surface area contributed by atoms with Crippen LogP contribution in [0, 0.1) is 5.82 Å². The molecule has 5 heteroatoms. The second-order valence-corrected chi connectivity index (χ2v) is 3.50. The van der Waals surface area contributed by atoms with Crippen molar-refractivity contribution in [3.63, 3.8) is 0 Å². The molecule has 0 spiro atoms. The summed E-state index contributed by atoms with van der Waals surface area (Å²) < 4.78 is 29.0. The minimum absolute atomic E-state index is 0.0410. The Morgan fingerprint density at radius 1 is 1.50 bits per heavy atom. The Morgan fingerprint density at radius 3 is 3.19 bits per heavy atom. The van der Waals surface area contributed by atoms with Crippen LogP contribution in [0.3, 0.4) is 0 Å². The van der Waals surface area contributed by atoms with Gasteiger partial charge in [0.2, 0.25) is 5.88 Å². The minimum atomic E-state index is -0.441. The number of rotatable bonds is 4. The molecule has 2 rings (SSSR count). The van der Waals surface area contributed by atoms with E-state index >= 15 is 0 Å². The maximum Gasteiger partial charge on any atom is 0.250 e. The fourth-order valence-corrected chi connectivity index (χ4v) is 1.47. The lowest BCUT2D eigenvalue weighted by atomic mass is 10.2. The predicted octanol–water partition coefficient (Wildman–Crippen LogP) is 1.41. The molecule has 1 fully saturated rings. The molecule has 1 aromatic heterocycles. The van der Waals surface area contributed by atoms with Gasteiger partial charge in [0.15, 0.2) is 5.82 Å². The molecule has 0 N–H and O–H groups in total. The van der Waals surface area contributed by atoms with E-state index in [0.717, 1.165) is 0 Å². The Hall–Kier alpha value is -1.20. The highest BCUT2D eigenvalue weighted by Crippen LogP contribution is 2.12. The van der Waals surface area contributed by atoms with Crippen LogP contribution in [0.15, 0.2) is 18.3 Å². The van der Waals surface area contributed by atoms with Crippen molar-refractivity contribution in [2.75, 3.05) is 26.4 Å². The van der Waals surface area contributed by atoms with Crippen LogP contribution in [0.2, 0.25) is 0 Å². The van der Waals surface area contributed by atoms with Crippen LogP contribution < -0.4 is 4.74 Å². The Kier molecular flexibility index (Phi) is 4.07. The molecule has 0 aromatic carbocycles. The van der Waals surface area contributed by atoms with E-state index < -0.39 is 5.82 Å². The zero-order valence-electron chi connectivity index (χ0n) is 8.89. The van der Waals surface area contributed by atoms with E-state index in [1.54, 1.807) is 0 Å².